The largest absolute Gasteiger partial charge is 0.320 e. The molecular formula is C16H13ClFNO. The Bertz CT molecular complexity index is 667. The third-order valence-electron chi connectivity index (χ3n) is 2.81. The highest BCUT2D eigenvalue weighted by Crippen LogP contribution is 2.22. The number of carbonyl (C=O) groups excluding carboxylic acids is 1. The minimum absolute atomic E-state index is 0.0225. The van der Waals surface area contributed by atoms with Gasteiger partial charge in [-0.15, -0.1) is 0 Å². The summed E-state index contributed by atoms with van der Waals surface area (Å²) in [6.07, 6.45) is 3.05. The standard InChI is InChI=1S/C16H13ClFNO/c1-11-5-2-3-6-12(11)9-10-15(20)19-14-8-4-7-13(17)16(14)18/h2-10H,1H3,(H,19,20)/b10-9+. The highest BCUT2D eigenvalue weighted by molar-refractivity contribution is 6.31. The van der Waals surface area contributed by atoms with Crippen LogP contribution >= 0.6 is 11.6 Å². The van der Waals surface area contributed by atoms with Gasteiger partial charge in [0, 0.05) is 6.08 Å². The van der Waals surface area contributed by atoms with Crippen molar-refractivity contribution in [2.24, 2.45) is 0 Å². The van der Waals surface area contributed by atoms with Crippen LogP contribution in [0.15, 0.2) is 48.5 Å². The van der Waals surface area contributed by atoms with Crippen molar-refractivity contribution < 1.29 is 9.18 Å². The molecule has 0 saturated heterocycles. The number of amides is 1. The third kappa shape index (κ3) is 3.45. The van der Waals surface area contributed by atoms with Crippen LogP contribution in [0, 0.1) is 12.7 Å². The Morgan fingerprint density at radius 1 is 1.20 bits per heavy atom. The van der Waals surface area contributed by atoms with Crippen LogP contribution in [0.3, 0.4) is 0 Å². The lowest BCUT2D eigenvalue weighted by molar-refractivity contribution is -0.111. The van der Waals surface area contributed by atoms with Crippen LogP contribution in [0.4, 0.5) is 10.1 Å². The van der Waals surface area contributed by atoms with Crippen LogP contribution in [-0.4, -0.2) is 5.91 Å². The van der Waals surface area contributed by atoms with Crippen molar-refractivity contribution in [1.82, 2.24) is 0 Å². The Morgan fingerprint density at radius 2 is 1.95 bits per heavy atom. The van der Waals surface area contributed by atoms with Crippen LogP contribution < -0.4 is 5.32 Å². The van der Waals surface area contributed by atoms with Crippen molar-refractivity contribution in [3.63, 3.8) is 0 Å². The predicted octanol–water partition coefficient (Wildman–Crippen LogP) is 4.44. The lowest BCUT2D eigenvalue weighted by atomic mass is 10.1. The van der Waals surface area contributed by atoms with E-state index in [0.717, 1.165) is 11.1 Å². The lowest BCUT2D eigenvalue weighted by Gasteiger charge is -2.04. The zero-order valence-corrected chi connectivity index (χ0v) is 11.6. The van der Waals surface area contributed by atoms with Gasteiger partial charge in [0.15, 0.2) is 5.82 Å². The maximum Gasteiger partial charge on any atom is 0.248 e. The molecule has 0 atom stereocenters. The average molecular weight is 290 g/mol. The number of hydrogen-bond acceptors (Lipinski definition) is 1. The molecule has 0 aliphatic heterocycles. The normalized spacial score (nSPS) is 10.8. The van der Waals surface area contributed by atoms with E-state index in [4.69, 9.17) is 11.6 Å². The minimum Gasteiger partial charge on any atom is -0.320 e. The number of rotatable bonds is 3. The maximum absolute atomic E-state index is 13.6. The molecule has 4 heteroatoms. The molecule has 1 amide bonds. The van der Waals surface area contributed by atoms with Gasteiger partial charge < -0.3 is 5.32 Å². The quantitative estimate of drug-likeness (QED) is 0.832. The molecule has 2 nitrogen and oxygen atoms in total. The molecule has 2 aromatic rings. The van der Waals surface area contributed by atoms with Crippen LogP contribution in [0.25, 0.3) is 6.08 Å². The molecule has 0 saturated carbocycles. The molecule has 2 rings (SSSR count). The highest BCUT2D eigenvalue weighted by atomic mass is 35.5. The number of nitrogens with one attached hydrogen (secondary N) is 1. The smallest absolute Gasteiger partial charge is 0.248 e. The first-order valence-electron chi connectivity index (χ1n) is 6.06. The molecule has 0 bridgehead atoms. The van der Waals surface area contributed by atoms with Gasteiger partial charge in [-0.3, -0.25) is 4.79 Å². The zero-order valence-electron chi connectivity index (χ0n) is 10.9. The Balaban J connectivity index is 2.10. The SMILES string of the molecule is Cc1ccccc1/C=C/C(=O)Nc1cccc(Cl)c1F. The van der Waals surface area contributed by atoms with Crippen LogP contribution in [0.2, 0.25) is 5.02 Å². The predicted molar refractivity (Wildman–Crippen MR) is 80.3 cm³/mol. The summed E-state index contributed by atoms with van der Waals surface area (Å²) < 4.78 is 13.6. The van der Waals surface area contributed by atoms with Crippen molar-refractivity contribution in [3.8, 4) is 0 Å². The maximum atomic E-state index is 13.6. The van der Waals surface area contributed by atoms with Gasteiger partial charge in [0.1, 0.15) is 0 Å². The summed E-state index contributed by atoms with van der Waals surface area (Å²) >= 11 is 5.65. The van der Waals surface area contributed by atoms with Crippen molar-refractivity contribution >= 4 is 29.3 Å². The summed E-state index contributed by atoms with van der Waals surface area (Å²) in [7, 11) is 0. The Labute approximate surface area is 121 Å². The second-order valence-electron chi connectivity index (χ2n) is 4.28. The highest BCUT2D eigenvalue weighted by Gasteiger charge is 2.07. The number of halogens is 2. The van der Waals surface area contributed by atoms with Crippen LogP contribution in [0.1, 0.15) is 11.1 Å². The van der Waals surface area contributed by atoms with Crippen LogP contribution in [0.5, 0.6) is 0 Å². The molecule has 0 aromatic heterocycles. The molecular weight excluding hydrogens is 277 g/mol. The molecule has 2 aromatic carbocycles. The van der Waals surface area contributed by atoms with E-state index in [1.165, 1.54) is 18.2 Å². The number of carbonyl (C=O) groups is 1. The molecule has 0 heterocycles. The molecule has 1 N–H and O–H groups in total. The fourth-order valence-electron chi connectivity index (χ4n) is 1.71. The first-order valence-corrected chi connectivity index (χ1v) is 6.44. The number of benzene rings is 2. The van der Waals surface area contributed by atoms with Crippen molar-refractivity contribution in [2.75, 3.05) is 5.32 Å². The van der Waals surface area contributed by atoms with Crippen molar-refractivity contribution in [1.29, 1.82) is 0 Å². The van der Waals surface area contributed by atoms with E-state index in [1.54, 1.807) is 12.1 Å². The second kappa shape index (κ2) is 6.35. The van der Waals surface area contributed by atoms with E-state index in [9.17, 15) is 9.18 Å². The molecule has 20 heavy (non-hydrogen) atoms. The summed E-state index contributed by atoms with van der Waals surface area (Å²) in [6, 6.07) is 12.1. The van der Waals surface area contributed by atoms with E-state index in [-0.39, 0.29) is 10.7 Å². The first-order chi connectivity index (χ1) is 9.58. The Hall–Kier alpha value is -2.13. The monoisotopic (exact) mass is 289 g/mol. The summed E-state index contributed by atoms with van der Waals surface area (Å²) in [4.78, 5) is 11.8. The Kier molecular flexibility index (Phi) is 4.53. The van der Waals surface area contributed by atoms with Crippen molar-refractivity contribution in [2.45, 2.75) is 6.92 Å². The van der Waals surface area contributed by atoms with Gasteiger partial charge in [0.05, 0.1) is 10.7 Å². The summed E-state index contributed by atoms with van der Waals surface area (Å²) in [6.45, 7) is 1.95. The van der Waals surface area contributed by atoms with E-state index >= 15 is 0 Å². The minimum atomic E-state index is -0.633. The number of aryl methyl sites for hydroxylation is 1. The summed E-state index contributed by atoms with van der Waals surface area (Å²) in [5.74, 6) is -1.04. The third-order valence-corrected chi connectivity index (χ3v) is 3.10. The fourth-order valence-corrected chi connectivity index (χ4v) is 1.89. The van der Waals surface area contributed by atoms with Gasteiger partial charge in [0.2, 0.25) is 5.91 Å². The number of hydrogen-bond donors (Lipinski definition) is 1. The molecule has 0 fully saturated rings. The van der Waals surface area contributed by atoms with E-state index < -0.39 is 11.7 Å². The van der Waals surface area contributed by atoms with Gasteiger partial charge in [-0.2, -0.15) is 0 Å². The van der Waals surface area contributed by atoms with Gasteiger partial charge in [0.25, 0.3) is 0 Å². The zero-order chi connectivity index (χ0) is 14.5. The topological polar surface area (TPSA) is 29.1 Å². The molecule has 102 valence electrons. The van der Waals surface area contributed by atoms with E-state index in [2.05, 4.69) is 5.32 Å². The average Bonchev–Trinajstić information content (AvgIpc) is 2.43. The van der Waals surface area contributed by atoms with Crippen molar-refractivity contribution in [3.05, 3.63) is 70.5 Å². The molecule has 0 aliphatic carbocycles. The summed E-state index contributed by atoms with van der Waals surface area (Å²) in [5.41, 5.74) is 2.07. The molecule has 0 unspecified atom stereocenters. The lowest BCUT2D eigenvalue weighted by Crippen LogP contribution is -2.09. The van der Waals surface area contributed by atoms with E-state index in [0.29, 0.717) is 0 Å². The summed E-state index contributed by atoms with van der Waals surface area (Å²) in [5, 5.41) is 2.43. The second-order valence-corrected chi connectivity index (χ2v) is 4.69. The fraction of sp³-hybridized carbons (Fsp3) is 0.0625. The van der Waals surface area contributed by atoms with Gasteiger partial charge in [-0.05, 0) is 36.3 Å². The van der Waals surface area contributed by atoms with Crippen LogP contribution in [-0.2, 0) is 4.79 Å². The number of anilines is 1. The first kappa shape index (κ1) is 14.3. The molecule has 0 aliphatic rings. The Morgan fingerprint density at radius 3 is 2.70 bits per heavy atom. The molecule has 0 radical (unpaired) electrons. The van der Waals surface area contributed by atoms with Gasteiger partial charge in [-0.25, -0.2) is 4.39 Å². The van der Waals surface area contributed by atoms with Gasteiger partial charge >= 0.3 is 0 Å². The van der Waals surface area contributed by atoms with E-state index in [1.807, 2.05) is 31.2 Å². The van der Waals surface area contributed by atoms with Gasteiger partial charge in [-0.1, -0.05) is 41.9 Å². The molecule has 0 spiro atoms.